The van der Waals surface area contributed by atoms with Crippen molar-refractivity contribution in [2.75, 3.05) is 19.9 Å². The Labute approximate surface area is 165 Å². The Morgan fingerprint density at radius 2 is 1.79 bits per heavy atom. The lowest BCUT2D eigenvalue weighted by Gasteiger charge is -2.27. The van der Waals surface area contributed by atoms with E-state index in [1.165, 1.54) is 43.5 Å². The molecule has 1 amide bonds. The van der Waals surface area contributed by atoms with Crippen molar-refractivity contribution >= 4 is 12.0 Å². The average Bonchev–Trinajstić information content (AvgIpc) is 3.20. The zero-order chi connectivity index (χ0) is 19.2. The van der Waals surface area contributed by atoms with Crippen molar-refractivity contribution in [3.05, 3.63) is 65.2 Å². The zero-order valence-corrected chi connectivity index (χ0v) is 16.0. The molecule has 2 aromatic carbocycles. The van der Waals surface area contributed by atoms with Gasteiger partial charge in [-0.25, -0.2) is 0 Å². The summed E-state index contributed by atoms with van der Waals surface area (Å²) in [5, 5.41) is 3.00. The van der Waals surface area contributed by atoms with Crippen LogP contribution in [0.1, 0.15) is 36.0 Å². The summed E-state index contributed by atoms with van der Waals surface area (Å²) < 4.78 is 10.7. The molecule has 4 rings (SSSR count). The minimum absolute atomic E-state index is 0.106. The summed E-state index contributed by atoms with van der Waals surface area (Å²) in [6, 6.07) is 14.0. The maximum absolute atomic E-state index is 12.3. The molecule has 0 aliphatic carbocycles. The number of hydrogen-bond acceptors (Lipinski definition) is 4. The molecule has 0 aromatic heterocycles. The van der Waals surface area contributed by atoms with E-state index < -0.39 is 0 Å². The first kappa shape index (κ1) is 18.6. The van der Waals surface area contributed by atoms with Crippen LogP contribution in [0.5, 0.6) is 11.5 Å². The Morgan fingerprint density at radius 3 is 2.64 bits per heavy atom. The van der Waals surface area contributed by atoms with E-state index in [-0.39, 0.29) is 12.7 Å². The average molecular weight is 378 g/mol. The second kappa shape index (κ2) is 8.93. The van der Waals surface area contributed by atoms with Crippen molar-refractivity contribution in [2.45, 2.75) is 32.4 Å². The SMILES string of the molecule is O=C(/C=C/c1ccc2c(c1)OCO2)NCc1ccccc1CN1CCCCC1. The number of likely N-dealkylation sites (tertiary alicyclic amines) is 1. The van der Waals surface area contributed by atoms with Crippen LogP contribution < -0.4 is 14.8 Å². The lowest BCUT2D eigenvalue weighted by atomic mass is 10.0. The highest BCUT2D eigenvalue weighted by Crippen LogP contribution is 2.32. The highest BCUT2D eigenvalue weighted by atomic mass is 16.7. The van der Waals surface area contributed by atoms with E-state index in [4.69, 9.17) is 9.47 Å². The fourth-order valence-electron chi connectivity index (χ4n) is 3.67. The van der Waals surface area contributed by atoms with Crippen molar-refractivity contribution in [2.24, 2.45) is 0 Å². The predicted molar refractivity (Wildman–Crippen MR) is 109 cm³/mol. The van der Waals surface area contributed by atoms with Crippen molar-refractivity contribution in [3.63, 3.8) is 0 Å². The number of piperidine rings is 1. The van der Waals surface area contributed by atoms with Crippen LogP contribution in [-0.4, -0.2) is 30.7 Å². The summed E-state index contributed by atoms with van der Waals surface area (Å²) in [5.41, 5.74) is 3.38. The van der Waals surface area contributed by atoms with Crippen molar-refractivity contribution in [1.29, 1.82) is 0 Å². The number of amides is 1. The Morgan fingerprint density at radius 1 is 1.00 bits per heavy atom. The second-order valence-electron chi connectivity index (χ2n) is 7.27. The first-order chi connectivity index (χ1) is 13.8. The van der Waals surface area contributed by atoms with E-state index in [2.05, 4.69) is 28.4 Å². The van der Waals surface area contributed by atoms with Gasteiger partial charge in [0, 0.05) is 19.2 Å². The minimum atomic E-state index is -0.106. The molecule has 146 valence electrons. The topological polar surface area (TPSA) is 50.8 Å². The van der Waals surface area contributed by atoms with E-state index in [9.17, 15) is 4.79 Å². The van der Waals surface area contributed by atoms with Gasteiger partial charge in [0.05, 0.1) is 0 Å². The van der Waals surface area contributed by atoms with E-state index in [0.717, 1.165) is 17.9 Å². The van der Waals surface area contributed by atoms with E-state index in [1.807, 2.05) is 24.3 Å². The molecule has 1 saturated heterocycles. The van der Waals surface area contributed by atoms with Gasteiger partial charge < -0.3 is 14.8 Å². The number of fused-ring (bicyclic) bond motifs is 1. The zero-order valence-electron chi connectivity index (χ0n) is 16.0. The standard InChI is InChI=1S/C23H26N2O3/c26-23(11-9-18-8-10-21-22(14-18)28-17-27-21)24-15-19-6-2-3-7-20(19)16-25-12-4-1-5-13-25/h2-3,6-11,14H,1,4-5,12-13,15-17H2,(H,24,26)/b11-9+. The summed E-state index contributed by atoms with van der Waals surface area (Å²) in [6.45, 7) is 4.07. The molecule has 1 N–H and O–H groups in total. The van der Waals surface area contributed by atoms with Crippen LogP contribution in [0.4, 0.5) is 0 Å². The van der Waals surface area contributed by atoms with E-state index in [1.54, 1.807) is 12.2 Å². The molecule has 5 nitrogen and oxygen atoms in total. The van der Waals surface area contributed by atoms with E-state index in [0.29, 0.717) is 12.3 Å². The molecular formula is C23H26N2O3. The van der Waals surface area contributed by atoms with Gasteiger partial charge in [-0.1, -0.05) is 36.8 Å². The molecule has 0 unspecified atom stereocenters. The third-order valence-corrected chi connectivity index (χ3v) is 5.24. The number of nitrogens with zero attached hydrogens (tertiary/aromatic N) is 1. The lowest BCUT2D eigenvalue weighted by molar-refractivity contribution is -0.116. The molecule has 0 spiro atoms. The molecular weight excluding hydrogens is 352 g/mol. The summed E-state index contributed by atoms with van der Waals surface area (Å²) in [6.07, 6.45) is 7.25. The van der Waals surface area contributed by atoms with Gasteiger partial charge in [-0.15, -0.1) is 0 Å². The Hall–Kier alpha value is -2.79. The molecule has 0 atom stereocenters. The van der Waals surface area contributed by atoms with Crippen molar-refractivity contribution < 1.29 is 14.3 Å². The summed E-state index contributed by atoms with van der Waals surface area (Å²) in [5.74, 6) is 1.35. The van der Waals surface area contributed by atoms with Crippen molar-refractivity contribution in [1.82, 2.24) is 10.2 Å². The fourth-order valence-corrected chi connectivity index (χ4v) is 3.67. The quantitative estimate of drug-likeness (QED) is 0.778. The van der Waals surface area contributed by atoms with Crippen molar-refractivity contribution in [3.8, 4) is 11.5 Å². The fraction of sp³-hybridized carbons (Fsp3) is 0.348. The highest BCUT2D eigenvalue weighted by Gasteiger charge is 2.13. The van der Waals surface area contributed by atoms with Crippen LogP contribution in [-0.2, 0) is 17.9 Å². The number of ether oxygens (including phenoxy) is 2. The summed E-state index contributed by atoms with van der Waals surface area (Å²) in [4.78, 5) is 14.8. The molecule has 2 aliphatic rings. The first-order valence-corrected chi connectivity index (χ1v) is 9.93. The maximum atomic E-state index is 12.3. The normalized spacial score (nSPS) is 16.4. The van der Waals surface area contributed by atoms with Crippen LogP contribution in [0.15, 0.2) is 48.5 Å². The smallest absolute Gasteiger partial charge is 0.244 e. The molecule has 2 heterocycles. The number of hydrogen-bond donors (Lipinski definition) is 1. The van der Waals surface area contributed by atoms with E-state index >= 15 is 0 Å². The second-order valence-corrected chi connectivity index (χ2v) is 7.27. The number of rotatable bonds is 6. The van der Waals surface area contributed by atoms with Crippen LogP contribution in [0.2, 0.25) is 0 Å². The molecule has 0 saturated carbocycles. The molecule has 5 heteroatoms. The van der Waals surface area contributed by atoms with Crippen LogP contribution in [0.25, 0.3) is 6.08 Å². The van der Waals surface area contributed by atoms with Gasteiger partial charge in [-0.05, 0) is 60.8 Å². The van der Waals surface area contributed by atoms with Gasteiger partial charge in [0.1, 0.15) is 0 Å². The predicted octanol–water partition coefficient (Wildman–Crippen LogP) is 3.73. The van der Waals surface area contributed by atoms with Crippen LogP contribution >= 0.6 is 0 Å². The summed E-state index contributed by atoms with van der Waals surface area (Å²) in [7, 11) is 0. The maximum Gasteiger partial charge on any atom is 0.244 e. The summed E-state index contributed by atoms with van der Waals surface area (Å²) >= 11 is 0. The molecule has 1 fully saturated rings. The molecule has 0 bridgehead atoms. The Bertz CT molecular complexity index is 857. The monoisotopic (exact) mass is 378 g/mol. The minimum Gasteiger partial charge on any atom is -0.454 e. The Kier molecular flexibility index (Phi) is 5.92. The van der Waals surface area contributed by atoms with Gasteiger partial charge in [0.25, 0.3) is 0 Å². The molecule has 2 aliphatic heterocycles. The largest absolute Gasteiger partial charge is 0.454 e. The van der Waals surface area contributed by atoms with Crippen LogP contribution in [0.3, 0.4) is 0 Å². The number of benzene rings is 2. The third-order valence-electron chi connectivity index (χ3n) is 5.24. The molecule has 0 radical (unpaired) electrons. The van der Waals surface area contributed by atoms with Gasteiger partial charge in [0.15, 0.2) is 11.5 Å². The highest BCUT2D eigenvalue weighted by molar-refractivity contribution is 5.91. The lowest BCUT2D eigenvalue weighted by Crippen LogP contribution is -2.30. The Balaban J connectivity index is 1.33. The first-order valence-electron chi connectivity index (χ1n) is 9.93. The molecule has 28 heavy (non-hydrogen) atoms. The molecule has 2 aromatic rings. The van der Waals surface area contributed by atoms with Crippen LogP contribution in [0, 0.1) is 0 Å². The van der Waals surface area contributed by atoms with Gasteiger partial charge >= 0.3 is 0 Å². The van der Waals surface area contributed by atoms with Gasteiger partial charge in [-0.2, -0.15) is 0 Å². The number of nitrogens with one attached hydrogen (secondary N) is 1. The van der Waals surface area contributed by atoms with Gasteiger partial charge in [-0.3, -0.25) is 9.69 Å². The van der Waals surface area contributed by atoms with Gasteiger partial charge in [0.2, 0.25) is 12.7 Å². The third kappa shape index (κ3) is 4.73. The number of carbonyl (C=O) groups is 1. The number of carbonyl (C=O) groups excluding carboxylic acids is 1.